The molecule has 0 aliphatic carbocycles. The molecule has 2 heterocycles. The molecule has 4 aromatic carbocycles. The topological polar surface area (TPSA) is 41.3 Å². The van der Waals surface area contributed by atoms with E-state index < -0.39 is 0 Å². The van der Waals surface area contributed by atoms with E-state index >= 15 is 0 Å². The van der Waals surface area contributed by atoms with Crippen LogP contribution in [0.3, 0.4) is 0 Å². The summed E-state index contributed by atoms with van der Waals surface area (Å²) in [4.78, 5) is 10.8. The van der Waals surface area contributed by atoms with E-state index in [2.05, 4.69) is 26.7 Å². The maximum atomic E-state index is 10.1. The number of hydrogen-bond donors (Lipinski definition) is 0. The molecule has 0 N–H and O–H groups in total. The fraction of sp³-hybridized carbons (Fsp3) is 0. The highest BCUT2D eigenvalue weighted by atomic mass is 14.9. The lowest BCUT2D eigenvalue weighted by atomic mass is 9.95. The van der Waals surface area contributed by atoms with Crippen LogP contribution in [0.25, 0.3) is 63.3 Å². The first-order valence-electron chi connectivity index (χ1n) is 10.1. The summed E-state index contributed by atoms with van der Waals surface area (Å²) >= 11 is 0. The van der Waals surface area contributed by atoms with Crippen molar-refractivity contribution in [1.29, 1.82) is 5.26 Å². The van der Waals surface area contributed by atoms with Gasteiger partial charge >= 0.3 is 0 Å². The van der Waals surface area contributed by atoms with Gasteiger partial charge in [-0.25, -0.2) is 0 Å². The van der Waals surface area contributed by atoms with Gasteiger partial charge in [-0.1, -0.05) is 48.5 Å². The molecule has 148 valence electrons. The average molecular weight is 417 g/mol. The SMILES string of the molecule is [C-]#[N+]c1c([N+]#[C-])c(C#N)c2c(c1[N+]#[C-])c1cc3ccccc3cc1c1c3ccccc3cn21. The number of nitrogens with zero attached hydrogens (tertiary/aromatic N) is 5. The molecular formula is C28H11N5. The fourth-order valence-corrected chi connectivity index (χ4v) is 4.88. The van der Waals surface area contributed by atoms with Crippen molar-refractivity contribution >= 4 is 65.8 Å². The molecule has 0 fully saturated rings. The zero-order valence-electron chi connectivity index (χ0n) is 17.1. The summed E-state index contributed by atoms with van der Waals surface area (Å²) in [6.45, 7) is 23.3. The molecule has 0 radical (unpaired) electrons. The lowest BCUT2D eigenvalue weighted by Crippen LogP contribution is -1.94. The smallest absolute Gasteiger partial charge is 0.203 e. The summed E-state index contributed by atoms with van der Waals surface area (Å²) in [6, 6.07) is 22.3. The molecule has 5 nitrogen and oxygen atoms in total. The number of pyridine rings is 1. The van der Waals surface area contributed by atoms with E-state index in [-0.39, 0.29) is 22.6 Å². The molecule has 6 rings (SSSR count). The van der Waals surface area contributed by atoms with Gasteiger partial charge in [-0.3, -0.25) is 14.5 Å². The Morgan fingerprint density at radius 2 is 1.27 bits per heavy atom. The maximum Gasteiger partial charge on any atom is 0.203 e. The van der Waals surface area contributed by atoms with Crippen LogP contribution < -0.4 is 0 Å². The van der Waals surface area contributed by atoms with Gasteiger partial charge in [0.25, 0.3) is 0 Å². The first-order chi connectivity index (χ1) is 16.2. The van der Waals surface area contributed by atoms with Crippen molar-refractivity contribution in [2.75, 3.05) is 0 Å². The Labute approximate surface area is 188 Å². The Bertz CT molecular complexity index is 2020. The van der Waals surface area contributed by atoms with Gasteiger partial charge < -0.3 is 4.40 Å². The van der Waals surface area contributed by atoms with E-state index in [1.54, 1.807) is 0 Å². The molecule has 0 spiro atoms. The van der Waals surface area contributed by atoms with Gasteiger partial charge in [0.15, 0.2) is 5.69 Å². The van der Waals surface area contributed by atoms with E-state index in [1.807, 2.05) is 65.2 Å². The Hall–Kier alpha value is -5.36. The Morgan fingerprint density at radius 1 is 0.667 bits per heavy atom. The number of aromatic nitrogens is 1. The van der Waals surface area contributed by atoms with E-state index in [1.165, 1.54) is 0 Å². The molecule has 5 heteroatoms. The van der Waals surface area contributed by atoms with Crippen LogP contribution in [0.4, 0.5) is 17.1 Å². The van der Waals surface area contributed by atoms with Crippen molar-refractivity contribution < 1.29 is 0 Å². The molecule has 6 aromatic rings. The monoisotopic (exact) mass is 417 g/mol. The van der Waals surface area contributed by atoms with Gasteiger partial charge in [-0.15, -0.1) is 0 Å². The fourth-order valence-electron chi connectivity index (χ4n) is 4.88. The van der Waals surface area contributed by atoms with Crippen LogP contribution in [0.1, 0.15) is 5.56 Å². The van der Waals surface area contributed by atoms with Crippen LogP contribution in [0.15, 0.2) is 66.9 Å². The molecule has 0 unspecified atom stereocenters. The third-order valence-electron chi connectivity index (χ3n) is 6.22. The van der Waals surface area contributed by atoms with Crippen molar-refractivity contribution in [2.24, 2.45) is 0 Å². The summed E-state index contributed by atoms with van der Waals surface area (Å²) < 4.78 is 1.92. The highest BCUT2D eigenvalue weighted by Crippen LogP contribution is 2.50. The van der Waals surface area contributed by atoms with Crippen molar-refractivity contribution in [3.05, 3.63) is 107 Å². The Balaban J connectivity index is 2.11. The molecular weight excluding hydrogens is 406 g/mol. The Kier molecular flexibility index (Phi) is 3.66. The van der Waals surface area contributed by atoms with E-state index in [9.17, 15) is 5.26 Å². The third-order valence-corrected chi connectivity index (χ3v) is 6.22. The molecule has 33 heavy (non-hydrogen) atoms. The molecule has 0 saturated heterocycles. The van der Waals surface area contributed by atoms with Crippen LogP contribution in [0.5, 0.6) is 0 Å². The zero-order valence-corrected chi connectivity index (χ0v) is 17.1. The predicted molar refractivity (Wildman–Crippen MR) is 131 cm³/mol. The summed E-state index contributed by atoms with van der Waals surface area (Å²) in [6.07, 6.45) is 1.95. The van der Waals surface area contributed by atoms with E-state index in [4.69, 9.17) is 19.7 Å². The number of rotatable bonds is 0. The molecule has 0 aliphatic heterocycles. The van der Waals surface area contributed by atoms with Crippen molar-refractivity contribution in [3.63, 3.8) is 0 Å². The molecule has 0 saturated carbocycles. The van der Waals surface area contributed by atoms with Crippen LogP contribution in [0, 0.1) is 31.0 Å². The Morgan fingerprint density at radius 3 is 1.91 bits per heavy atom. The van der Waals surface area contributed by atoms with Gasteiger partial charge in [0, 0.05) is 27.9 Å². The summed E-state index contributed by atoms with van der Waals surface area (Å²) in [5.41, 5.74) is 1.53. The molecule has 0 amide bonds. The highest BCUT2D eigenvalue weighted by Gasteiger charge is 2.25. The zero-order chi connectivity index (χ0) is 22.7. The minimum Gasteiger partial charge on any atom is -0.316 e. The van der Waals surface area contributed by atoms with Crippen LogP contribution >= 0.6 is 0 Å². The second-order valence-corrected chi connectivity index (χ2v) is 7.77. The number of nitriles is 1. The first kappa shape index (κ1) is 18.4. The minimum atomic E-state index is -0.0646. The summed E-state index contributed by atoms with van der Waals surface area (Å²) in [5.74, 6) is 0. The van der Waals surface area contributed by atoms with Gasteiger partial charge in [0.2, 0.25) is 11.4 Å². The van der Waals surface area contributed by atoms with Gasteiger partial charge in [-0.05, 0) is 33.7 Å². The standard InChI is InChI=1S/C28H11N5/c1-30-24-22(14-29)28-23(25(31-2)26(24)32-3)20-12-16-8-4-5-9-17(16)13-21(20)27-19-11-7-6-10-18(19)15-33(27)28/h4-13,15H. The highest BCUT2D eigenvalue weighted by molar-refractivity contribution is 6.28. The van der Waals surface area contributed by atoms with E-state index in [0.29, 0.717) is 10.9 Å². The van der Waals surface area contributed by atoms with E-state index in [0.717, 1.165) is 37.8 Å². The minimum absolute atomic E-state index is 0.0606. The predicted octanol–water partition coefficient (Wildman–Crippen LogP) is 8.08. The van der Waals surface area contributed by atoms with Crippen LogP contribution in [-0.4, -0.2) is 4.40 Å². The van der Waals surface area contributed by atoms with Crippen molar-refractivity contribution in [2.45, 2.75) is 0 Å². The molecule has 0 atom stereocenters. The molecule has 2 aromatic heterocycles. The second kappa shape index (κ2) is 6.57. The molecule has 0 aliphatic rings. The number of fused-ring (bicyclic) bond motifs is 9. The summed E-state index contributed by atoms with van der Waals surface area (Å²) in [5, 5.41) is 16.5. The lowest BCUT2D eigenvalue weighted by molar-refractivity contribution is 1.29. The van der Waals surface area contributed by atoms with Crippen molar-refractivity contribution in [1.82, 2.24) is 4.40 Å². The average Bonchev–Trinajstić information content (AvgIpc) is 3.25. The van der Waals surface area contributed by atoms with Gasteiger partial charge in [-0.2, -0.15) is 5.26 Å². The van der Waals surface area contributed by atoms with Crippen LogP contribution in [0.2, 0.25) is 0 Å². The largest absolute Gasteiger partial charge is 0.316 e. The number of benzene rings is 4. The van der Waals surface area contributed by atoms with Gasteiger partial charge in [0.1, 0.15) is 0 Å². The second-order valence-electron chi connectivity index (χ2n) is 7.77. The van der Waals surface area contributed by atoms with Gasteiger partial charge in [0.05, 0.1) is 36.9 Å². The maximum absolute atomic E-state index is 10.1. The third kappa shape index (κ3) is 2.26. The normalized spacial score (nSPS) is 10.9. The lowest BCUT2D eigenvalue weighted by Gasteiger charge is -2.16. The van der Waals surface area contributed by atoms with Crippen molar-refractivity contribution in [3.8, 4) is 6.07 Å². The summed E-state index contributed by atoms with van der Waals surface area (Å²) in [7, 11) is 0. The number of hydrogen-bond acceptors (Lipinski definition) is 1. The first-order valence-corrected chi connectivity index (χ1v) is 10.1. The van der Waals surface area contributed by atoms with Crippen LogP contribution in [-0.2, 0) is 0 Å². The quantitative estimate of drug-likeness (QED) is 0.140. The molecule has 0 bridgehead atoms.